The van der Waals surface area contributed by atoms with E-state index < -0.39 is 0 Å². The minimum Gasteiger partial charge on any atom is -0.310 e. The molecule has 1 unspecified atom stereocenters. The second-order valence-electron chi connectivity index (χ2n) is 4.30. The molecule has 1 heterocycles. The monoisotopic (exact) mass is 207 g/mol. The van der Waals surface area contributed by atoms with E-state index in [-0.39, 0.29) is 5.82 Å². The molecule has 1 aromatic rings. The molecule has 0 spiro atoms. The molecule has 1 aliphatic rings. The molecule has 0 aromatic heterocycles. The molecule has 2 rings (SSSR count). The van der Waals surface area contributed by atoms with Crippen LogP contribution in [0.1, 0.15) is 42.5 Å². The molecule has 1 saturated heterocycles. The lowest BCUT2D eigenvalue weighted by molar-refractivity contribution is 0.600. The second-order valence-corrected chi connectivity index (χ2v) is 4.30. The van der Waals surface area contributed by atoms with Crippen molar-refractivity contribution >= 4 is 0 Å². The lowest BCUT2D eigenvalue weighted by atomic mass is 9.96. The molecule has 0 radical (unpaired) electrons. The molecular formula is C13H18FN. The van der Waals surface area contributed by atoms with Crippen molar-refractivity contribution in [1.29, 1.82) is 0 Å². The van der Waals surface area contributed by atoms with Gasteiger partial charge in [-0.15, -0.1) is 0 Å². The average molecular weight is 207 g/mol. The van der Waals surface area contributed by atoms with Crippen molar-refractivity contribution in [2.75, 3.05) is 6.54 Å². The summed E-state index contributed by atoms with van der Waals surface area (Å²) in [6, 6.07) is 4.15. The Kier molecular flexibility index (Phi) is 3.06. The number of hydrogen-bond donors (Lipinski definition) is 1. The molecule has 1 aromatic carbocycles. The van der Waals surface area contributed by atoms with Crippen molar-refractivity contribution < 1.29 is 4.39 Å². The summed E-state index contributed by atoms with van der Waals surface area (Å²) in [6.07, 6.45) is 3.17. The quantitative estimate of drug-likeness (QED) is 0.785. The van der Waals surface area contributed by atoms with E-state index in [1.807, 2.05) is 19.9 Å². The predicted molar refractivity (Wildman–Crippen MR) is 60.5 cm³/mol. The zero-order valence-corrected chi connectivity index (χ0v) is 9.44. The maximum absolute atomic E-state index is 13.5. The van der Waals surface area contributed by atoms with E-state index in [9.17, 15) is 4.39 Å². The number of rotatable bonds is 2. The van der Waals surface area contributed by atoms with Gasteiger partial charge in [0.25, 0.3) is 0 Å². The van der Waals surface area contributed by atoms with E-state index in [2.05, 4.69) is 5.32 Å². The summed E-state index contributed by atoms with van der Waals surface area (Å²) in [5, 5.41) is 3.46. The molecule has 82 valence electrons. The highest BCUT2D eigenvalue weighted by atomic mass is 19.1. The molecule has 2 heteroatoms. The Hall–Kier alpha value is -0.890. The average Bonchev–Trinajstić information content (AvgIpc) is 2.71. The molecule has 1 N–H and O–H groups in total. The third-order valence-electron chi connectivity index (χ3n) is 3.25. The lowest BCUT2D eigenvalue weighted by Gasteiger charge is -2.15. The van der Waals surface area contributed by atoms with Gasteiger partial charge in [0.05, 0.1) is 0 Å². The van der Waals surface area contributed by atoms with Crippen LogP contribution < -0.4 is 5.32 Å². The summed E-state index contributed by atoms with van der Waals surface area (Å²) in [4.78, 5) is 0. The van der Waals surface area contributed by atoms with Crippen molar-refractivity contribution in [3.63, 3.8) is 0 Å². The van der Waals surface area contributed by atoms with Gasteiger partial charge in [0.2, 0.25) is 0 Å². The first kappa shape index (κ1) is 10.6. The van der Waals surface area contributed by atoms with Crippen molar-refractivity contribution in [2.45, 2.75) is 39.2 Å². The summed E-state index contributed by atoms with van der Waals surface area (Å²) >= 11 is 0. The van der Waals surface area contributed by atoms with E-state index in [0.717, 1.165) is 24.1 Å². The standard InChI is InChI=1S/C13H18FN/c1-3-10-8-11(9(2)7-12(10)14)13-5-4-6-15-13/h7-8,13,15H,3-6H2,1-2H3. The van der Waals surface area contributed by atoms with Crippen LogP contribution in [0.4, 0.5) is 4.39 Å². The summed E-state index contributed by atoms with van der Waals surface area (Å²) in [7, 11) is 0. The largest absolute Gasteiger partial charge is 0.310 e. The Balaban J connectivity index is 2.37. The summed E-state index contributed by atoms with van der Waals surface area (Å²) < 4.78 is 13.5. The molecule has 1 aliphatic heterocycles. The van der Waals surface area contributed by atoms with E-state index >= 15 is 0 Å². The van der Waals surface area contributed by atoms with Gasteiger partial charge in [-0.1, -0.05) is 13.0 Å². The highest BCUT2D eigenvalue weighted by Gasteiger charge is 2.19. The lowest BCUT2D eigenvalue weighted by Crippen LogP contribution is -2.14. The second kappa shape index (κ2) is 4.31. The van der Waals surface area contributed by atoms with Gasteiger partial charge in [0.15, 0.2) is 0 Å². The molecule has 1 nitrogen and oxygen atoms in total. The Bertz CT molecular complexity index is 354. The van der Waals surface area contributed by atoms with Crippen molar-refractivity contribution in [2.24, 2.45) is 0 Å². The smallest absolute Gasteiger partial charge is 0.126 e. The summed E-state index contributed by atoms with van der Waals surface area (Å²) in [5.74, 6) is -0.0586. The molecule has 0 amide bonds. The van der Waals surface area contributed by atoms with Crippen LogP contribution in [0, 0.1) is 12.7 Å². The number of hydrogen-bond acceptors (Lipinski definition) is 1. The van der Waals surface area contributed by atoms with Crippen molar-refractivity contribution in [3.8, 4) is 0 Å². The van der Waals surface area contributed by atoms with Gasteiger partial charge in [0, 0.05) is 6.04 Å². The predicted octanol–water partition coefficient (Wildman–Crippen LogP) is 3.12. The van der Waals surface area contributed by atoms with E-state index in [1.165, 1.54) is 18.4 Å². The molecule has 0 aliphatic carbocycles. The fraction of sp³-hybridized carbons (Fsp3) is 0.538. The fourth-order valence-electron chi connectivity index (χ4n) is 2.33. The molecule has 0 saturated carbocycles. The van der Waals surface area contributed by atoms with Crippen molar-refractivity contribution in [1.82, 2.24) is 5.32 Å². The first-order chi connectivity index (χ1) is 7.22. The maximum atomic E-state index is 13.5. The topological polar surface area (TPSA) is 12.0 Å². The van der Waals surface area contributed by atoms with Crippen LogP contribution in [0.2, 0.25) is 0 Å². The van der Waals surface area contributed by atoms with Crippen molar-refractivity contribution in [3.05, 3.63) is 34.6 Å². The molecule has 15 heavy (non-hydrogen) atoms. The van der Waals surface area contributed by atoms with Crippen LogP contribution in [0.25, 0.3) is 0 Å². The van der Waals surface area contributed by atoms with Gasteiger partial charge in [-0.3, -0.25) is 0 Å². The Labute approximate surface area is 90.7 Å². The minimum absolute atomic E-state index is 0.0586. The highest BCUT2D eigenvalue weighted by molar-refractivity contribution is 5.35. The first-order valence-corrected chi connectivity index (χ1v) is 5.74. The highest BCUT2D eigenvalue weighted by Crippen LogP contribution is 2.27. The van der Waals surface area contributed by atoms with E-state index in [1.54, 1.807) is 6.07 Å². The number of benzene rings is 1. The first-order valence-electron chi connectivity index (χ1n) is 5.74. The van der Waals surface area contributed by atoms with Crippen LogP contribution in [0.5, 0.6) is 0 Å². The van der Waals surface area contributed by atoms with Gasteiger partial charge in [-0.2, -0.15) is 0 Å². The minimum atomic E-state index is -0.0586. The zero-order chi connectivity index (χ0) is 10.8. The SMILES string of the molecule is CCc1cc(C2CCCN2)c(C)cc1F. The van der Waals surface area contributed by atoms with Gasteiger partial charge >= 0.3 is 0 Å². The van der Waals surface area contributed by atoms with Gasteiger partial charge in [0.1, 0.15) is 5.82 Å². The normalized spacial score (nSPS) is 20.9. The molecule has 1 fully saturated rings. The number of halogens is 1. The maximum Gasteiger partial charge on any atom is 0.126 e. The van der Waals surface area contributed by atoms with Crippen LogP contribution in [0.15, 0.2) is 12.1 Å². The zero-order valence-electron chi connectivity index (χ0n) is 9.44. The van der Waals surface area contributed by atoms with E-state index in [0.29, 0.717) is 6.04 Å². The summed E-state index contributed by atoms with van der Waals surface area (Å²) in [6.45, 7) is 5.08. The molecule has 0 bridgehead atoms. The third-order valence-corrected chi connectivity index (χ3v) is 3.25. The Morgan fingerprint density at radius 1 is 1.47 bits per heavy atom. The van der Waals surface area contributed by atoms with Gasteiger partial charge in [-0.25, -0.2) is 4.39 Å². The Morgan fingerprint density at radius 2 is 2.27 bits per heavy atom. The van der Waals surface area contributed by atoms with Crippen LogP contribution in [-0.2, 0) is 6.42 Å². The molecule has 1 atom stereocenters. The summed E-state index contributed by atoms with van der Waals surface area (Å²) in [5.41, 5.74) is 3.19. The van der Waals surface area contributed by atoms with Gasteiger partial charge in [-0.05, 0) is 55.5 Å². The van der Waals surface area contributed by atoms with Crippen LogP contribution in [0.3, 0.4) is 0 Å². The Morgan fingerprint density at radius 3 is 2.87 bits per heavy atom. The van der Waals surface area contributed by atoms with Gasteiger partial charge < -0.3 is 5.32 Å². The van der Waals surface area contributed by atoms with E-state index in [4.69, 9.17) is 0 Å². The van der Waals surface area contributed by atoms with Crippen LogP contribution >= 0.6 is 0 Å². The number of aryl methyl sites for hydroxylation is 2. The number of nitrogens with one attached hydrogen (secondary N) is 1. The van der Waals surface area contributed by atoms with Crippen LogP contribution in [-0.4, -0.2) is 6.54 Å². The third kappa shape index (κ3) is 2.05. The molecular weight excluding hydrogens is 189 g/mol. The fourth-order valence-corrected chi connectivity index (χ4v) is 2.33.